The minimum absolute atomic E-state index is 0.693. The van der Waals surface area contributed by atoms with Crippen LogP contribution in [0.4, 0.5) is 5.82 Å². The van der Waals surface area contributed by atoms with E-state index in [0.717, 1.165) is 31.0 Å². The Balaban J connectivity index is 1.61. The lowest BCUT2D eigenvalue weighted by atomic mass is 10.2. The zero-order chi connectivity index (χ0) is 13.2. The van der Waals surface area contributed by atoms with E-state index >= 15 is 0 Å². The van der Waals surface area contributed by atoms with E-state index in [0.29, 0.717) is 5.92 Å². The van der Waals surface area contributed by atoms with Gasteiger partial charge in [-0.05, 0) is 43.2 Å². The summed E-state index contributed by atoms with van der Waals surface area (Å²) in [5, 5.41) is 3.54. The van der Waals surface area contributed by atoms with Gasteiger partial charge >= 0.3 is 0 Å². The SMILES string of the molecule is CC(C)CN(c1ccc(CNC2CC2)cn1)C1CC1. The van der Waals surface area contributed by atoms with E-state index in [9.17, 15) is 0 Å². The third-order valence-corrected chi connectivity index (χ3v) is 3.83. The molecule has 3 heteroatoms. The first kappa shape index (κ1) is 12.9. The summed E-state index contributed by atoms with van der Waals surface area (Å²) in [6, 6.07) is 5.94. The van der Waals surface area contributed by atoms with Gasteiger partial charge in [0.2, 0.25) is 0 Å². The molecule has 2 fully saturated rings. The molecule has 0 bridgehead atoms. The van der Waals surface area contributed by atoms with Crippen molar-refractivity contribution >= 4 is 5.82 Å². The molecule has 3 rings (SSSR count). The molecule has 1 N–H and O–H groups in total. The molecular formula is C16H25N3. The van der Waals surface area contributed by atoms with Crippen LogP contribution in [0.3, 0.4) is 0 Å². The van der Waals surface area contributed by atoms with Crippen LogP contribution in [0.1, 0.15) is 45.1 Å². The summed E-state index contributed by atoms with van der Waals surface area (Å²) in [6.07, 6.45) is 7.39. The molecule has 19 heavy (non-hydrogen) atoms. The summed E-state index contributed by atoms with van der Waals surface area (Å²) in [4.78, 5) is 7.17. The van der Waals surface area contributed by atoms with Gasteiger partial charge in [0.05, 0.1) is 0 Å². The zero-order valence-corrected chi connectivity index (χ0v) is 12.1. The standard InChI is InChI=1S/C16H25N3/c1-12(2)11-19(15-6-7-15)16-8-3-13(10-18-16)9-17-14-4-5-14/h3,8,10,12,14-15,17H,4-7,9,11H2,1-2H3. The van der Waals surface area contributed by atoms with Crippen LogP contribution in [0.25, 0.3) is 0 Å². The molecule has 1 heterocycles. The van der Waals surface area contributed by atoms with E-state index in [2.05, 4.69) is 41.2 Å². The van der Waals surface area contributed by atoms with Gasteiger partial charge in [0.25, 0.3) is 0 Å². The number of hydrogen-bond acceptors (Lipinski definition) is 3. The molecular weight excluding hydrogens is 234 g/mol. The van der Waals surface area contributed by atoms with Gasteiger partial charge in [-0.3, -0.25) is 0 Å². The van der Waals surface area contributed by atoms with Crippen molar-refractivity contribution in [3.8, 4) is 0 Å². The quantitative estimate of drug-likeness (QED) is 0.816. The van der Waals surface area contributed by atoms with Gasteiger partial charge < -0.3 is 10.2 Å². The maximum absolute atomic E-state index is 4.68. The fourth-order valence-corrected chi connectivity index (χ4v) is 2.45. The highest BCUT2D eigenvalue weighted by atomic mass is 15.2. The average Bonchev–Trinajstić information content (AvgIpc) is 3.28. The van der Waals surface area contributed by atoms with E-state index in [1.807, 2.05) is 6.20 Å². The molecule has 0 amide bonds. The molecule has 0 aliphatic heterocycles. The lowest BCUT2D eigenvalue weighted by molar-refractivity contribution is 0.602. The Bertz CT molecular complexity index is 405. The third kappa shape index (κ3) is 3.69. The van der Waals surface area contributed by atoms with Crippen molar-refractivity contribution in [3.63, 3.8) is 0 Å². The molecule has 2 aliphatic rings. The fourth-order valence-electron chi connectivity index (χ4n) is 2.45. The molecule has 1 aromatic heterocycles. The maximum atomic E-state index is 4.68. The fraction of sp³-hybridized carbons (Fsp3) is 0.688. The number of nitrogens with one attached hydrogen (secondary N) is 1. The smallest absolute Gasteiger partial charge is 0.128 e. The molecule has 2 aliphatic carbocycles. The maximum Gasteiger partial charge on any atom is 0.128 e. The summed E-state index contributed by atoms with van der Waals surface area (Å²) >= 11 is 0. The summed E-state index contributed by atoms with van der Waals surface area (Å²) in [5.74, 6) is 1.85. The van der Waals surface area contributed by atoms with Gasteiger partial charge in [-0.15, -0.1) is 0 Å². The summed E-state index contributed by atoms with van der Waals surface area (Å²) in [7, 11) is 0. The first-order valence-corrected chi connectivity index (χ1v) is 7.67. The molecule has 3 nitrogen and oxygen atoms in total. The first-order valence-electron chi connectivity index (χ1n) is 7.67. The number of rotatable bonds is 7. The van der Waals surface area contributed by atoms with Crippen LogP contribution in [0.2, 0.25) is 0 Å². The Morgan fingerprint density at radius 2 is 2.05 bits per heavy atom. The van der Waals surface area contributed by atoms with Gasteiger partial charge in [0, 0.05) is 31.4 Å². The number of hydrogen-bond donors (Lipinski definition) is 1. The highest BCUT2D eigenvalue weighted by molar-refractivity contribution is 5.42. The highest BCUT2D eigenvalue weighted by Crippen LogP contribution is 2.31. The van der Waals surface area contributed by atoms with Gasteiger partial charge in [0.15, 0.2) is 0 Å². The summed E-state index contributed by atoms with van der Waals surface area (Å²) in [6.45, 7) is 6.65. The molecule has 0 spiro atoms. The minimum atomic E-state index is 0.693. The van der Waals surface area contributed by atoms with Gasteiger partial charge in [0.1, 0.15) is 5.82 Å². The van der Waals surface area contributed by atoms with E-state index in [1.54, 1.807) is 0 Å². The molecule has 1 aromatic rings. The van der Waals surface area contributed by atoms with Crippen LogP contribution in [0.5, 0.6) is 0 Å². The largest absolute Gasteiger partial charge is 0.353 e. The van der Waals surface area contributed by atoms with Crippen molar-refractivity contribution < 1.29 is 0 Å². The third-order valence-electron chi connectivity index (χ3n) is 3.83. The molecule has 0 unspecified atom stereocenters. The highest BCUT2D eigenvalue weighted by Gasteiger charge is 2.30. The lowest BCUT2D eigenvalue weighted by Crippen LogP contribution is -2.30. The minimum Gasteiger partial charge on any atom is -0.353 e. The molecule has 2 saturated carbocycles. The Morgan fingerprint density at radius 1 is 1.26 bits per heavy atom. The lowest BCUT2D eigenvalue weighted by Gasteiger charge is -2.25. The number of anilines is 1. The Labute approximate surface area is 116 Å². The van der Waals surface area contributed by atoms with Crippen molar-refractivity contribution in [3.05, 3.63) is 23.9 Å². The Kier molecular flexibility index (Phi) is 3.74. The van der Waals surface area contributed by atoms with Crippen LogP contribution < -0.4 is 10.2 Å². The monoisotopic (exact) mass is 259 g/mol. The van der Waals surface area contributed by atoms with Crippen molar-refractivity contribution in [1.82, 2.24) is 10.3 Å². The van der Waals surface area contributed by atoms with Crippen molar-refractivity contribution in [2.24, 2.45) is 5.92 Å². The molecule has 0 saturated heterocycles. The van der Waals surface area contributed by atoms with Crippen LogP contribution in [0.15, 0.2) is 18.3 Å². The van der Waals surface area contributed by atoms with Crippen molar-refractivity contribution in [1.29, 1.82) is 0 Å². The zero-order valence-electron chi connectivity index (χ0n) is 12.1. The Morgan fingerprint density at radius 3 is 2.58 bits per heavy atom. The Hall–Kier alpha value is -1.09. The predicted molar refractivity (Wildman–Crippen MR) is 79.3 cm³/mol. The number of pyridine rings is 1. The topological polar surface area (TPSA) is 28.2 Å². The van der Waals surface area contributed by atoms with Crippen molar-refractivity contribution in [2.45, 2.75) is 58.2 Å². The van der Waals surface area contributed by atoms with E-state index in [-0.39, 0.29) is 0 Å². The normalized spacial score (nSPS) is 18.9. The van der Waals surface area contributed by atoms with Gasteiger partial charge in [-0.2, -0.15) is 0 Å². The van der Waals surface area contributed by atoms with Crippen LogP contribution >= 0.6 is 0 Å². The predicted octanol–water partition coefficient (Wildman–Crippen LogP) is 2.96. The summed E-state index contributed by atoms with van der Waals surface area (Å²) < 4.78 is 0. The second-order valence-corrected chi connectivity index (χ2v) is 6.46. The number of aromatic nitrogens is 1. The molecule has 0 radical (unpaired) electrons. The van der Waals surface area contributed by atoms with Crippen LogP contribution in [0, 0.1) is 5.92 Å². The average molecular weight is 259 g/mol. The first-order chi connectivity index (χ1) is 9.22. The second kappa shape index (κ2) is 5.49. The van der Waals surface area contributed by atoms with Crippen molar-refractivity contribution in [2.75, 3.05) is 11.4 Å². The van der Waals surface area contributed by atoms with Gasteiger partial charge in [-0.25, -0.2) is 4.98 Å². The number of nitrogens with zero attached hydrogens (tertiary/aromatic N) is 2. The molecule has 104 valence electrons. The van der Waals surface area contributed by atoms with E-state index in [1.165, 1.54) is 31.2 Å². The second-order valence-electron chi connectivity index (χ2n) is 6.46. The summed E-state index contributed by atoms with van der Waals surface area (Å²) in [5.41, 5.74) is 1.30. The van der Waals surface area contributed by atoms with E-state index < -0.39 is 0 Å². The van der Waals surface area contributed by atoms with Crippen LogP contribution in [-0.4, -0.2) is 23.6 Å². The van der Waals surface area contributed by atoms with Crippen LogP contribution in [-0.2, 0) is 6.54 Å². The van der Waals surface area contributed by atoms with Gasteiger partial charge in [-0.1, -0.05) is 19.9 Å². The molecule has 0 aromatic carbocycles. The van der Waals surface area contributed by atoms with E-state index in [4.69, 9.17) is 0 Å². The molecule has 0 atom stereocenters.